The minimum atomic E-state index is 0.163. The number of pyridine rings is 1. The second-order valence-electron chi connectivity index (χ2n) is 8.53. The van der Waals surface area contributed by atoms with E-state index in [2.05, 4.69) is 44.4 Å². The molecule has 34 heavy (non-hydrogen) atoms. The van der Waals surface area contributed by atoms with Crippen LogP contribution in [-0.4, -0.2) is 44.2 Å². The molecule has 2 N–H and O–H groups in total. The number of H-pyrrole nitrogens is 1. The van der Waals surface area contributed by atoms with Crippen molar-refractivity contribution in [3.05, 3.63) is 95.4 Å². The lowest BCUT2D eigenvalue weighted by molar-refractivity contribution is 0.279. The highest BCUT2D eigenvalue weighted by Crippen LogP contribution is 2.40. The van der Waals surface area contributed by atoms with Gasteiger partial charge >= 0.3 is 0 Å². The van der Waals surface area contributed by atoms with E-state index in [0.29, 0.717) is 11.4 Å². The van der Waals surface area contributed by atoms with Crippen LogP contribution in [0.2, 0.25) is 5.02 Å². The first-order valence-electron chi connectivity index (χ1n) is 11.5. The van der Waals surface area contributed by atoms with E-state index in [-0.39, 0.29) is 5.92 Å². The van der Waals surface area contributed by atoms with Crippen molar-refractivity contribution >= 4 is 17.4 Å². The molecule has 0 radical (unpaired) electrons. The topological polar surface area (TPSA) is 77.4 Å². The van der Waals surface area contributed by atoms with E-state index in [4.69, 9.17) is 16.7 Å². The second kappa shape index (κ2) is 10.1. The Kier molecular flexibility index (Phi) is 6.58. The molecule has 172 valence electrons. The van der Waals surface area contributed by atoms with Gasteiger partial charge in [0.1, 0.15) is 11.5 Å². The number of likely N-dealkylation sites (tertiary alicyclic amines) is 1. The van der Waals surface area contributed by atoms with Gasteiger partial charge in [-0.05, 0) is 48.2 Å². The van der Waals surface area contributed by atoms with Gasteiger partial charge in [-0.1, -0.05) is 59.2 Å². The van der Waals surface area contributed by atoms with Gasteiger partial charge in [-0.2, -0.15) is 5.10 Å². The van der Waals surface area contributed by atoms with Crippen LogP contribution in [0.1, 0.15) is 30.0 Å². The SMILES string of the molecule is ON=C1CC(c2[nH]nc(-c3ccc(Cl)cc3)c2-c2ccncc2)CCN1CCc1ccccc1. The molecule has 1 atom stereocenters. The molecular formula is C27H26ClN5O. The van der Waals surface area contributed by atoms with Crippen LogP contribution in [0, 0.1) is 0 Å². The van der Waals surface area contributed by atoms with Crippen LogP contribution in [-0.2, 0) is 6.42 Å². The number of aromatic amines is 1. The summed E-state index contributed by atoms with van der Waals surface area (Å²) < 4.78 is 0. The summed E-state index contributed by atoms with van der Waals surface area (Å²) in [5, 5.41) is 22.2. The maximum atomic E-state index is 9.82. The van der Waals surface area contributed by atoms with Crippen LogP contribution < -0.4 is 0 Å². The van der Waals surface area contributed by atoms with Gasteiger partial charge in [-0.3, -0.25) is 10.1 Å². The number of oxime groups is 1. The summed E-state index contributed by atoms with van der Waals surface area (Å²) in [6.45, 7) is 1.65. The molecule has 3 heterocycles. The van der Waals surface area contributed by atoms with E-state index in [1.165, 1.54) is 5.56 Å². The van der Waals surface area contributed by atoms with Crippen LogP contribution in [0.3, 0.4) is 0 Å². The number of rotatable bonds is 6. The number of halogens is 1. The maximum absolute atomic E-state index is 9.82. The summed E-state index contributed by atoms with van der Waals surface area (Å²) in [6, 6.07) is 22.1. The second-order valence-corrected chi connectivity index (χ2v) is 8.97. The lowest BCUT2D eigenvalue weighted by Gasteiger charge is -2.34. The number of benzene rings is 2. The lowest BCUT2D eigenvalue weighted by Crippen LogP contribution is -2.39. The molecule has 4 aromatic rings. The van der Waals surface area contributed by atoms with Crippen molar-refractivity contribution < 1.29 is 5.21 Å². The lowest BCUT2D eigenvalue weighted by atomic mass is 9.87. The molecule has 1 aliphatic rings. The van der Waals surface area contributed by atoms with Crippen LogP contribution >= 0.6 is 11.6 Å². The zero-order valence-corrected chi connectivity index (χ0v) is 19.5. The molecule has 5 rings (SSSR count). The highest BCUT2D eigenvalue weighted by Gasteiger charge is 2.30. The molecule has 0 aliphatic carbocycles. The third kappa shape index (κ3) is 4.68. The summed E-state index contributed by atoms with van der Waals surface area (Å²) in [5.74, 6) is 0.881. The molecule has 1 fully saturated rings. The molecule has 7 heteroatoms. The molecule has 6 nitrogen and oxygen atoms in total. The van der Waals surface area contributed by atoms with Gasteiger partial charge in [-0.15, -0.1) is 0 Å². The highest BCUT2D eigenvalue weighted by atomic mass is 35.5. The molecule has 2 aromatic carbocycles. The van der Waals surface area contributed by atoms with E-state index in [1.807, 2.05) is 42.5 Å². The first-order valence-corrected chi connectivity index (χ1v) is 11.8. The molecule has 0 amide bonds. The summed E-state index contributed by atoms with van der Waals surface area (Å²) in [7, 11) is 0. The van der Waals surface area contributed by atoms with Crippen molar-refractivity contribution in [3.63, 3.8) is 0 Å². The molecule has 1 saturated heterocycles. The Morgan fingerprint density at radius 2 is 1.76 bits per heavy atom. The van der Waals surface area contributed by atoms with Crippen molar-refractivity contribution in [2.24, 2.45) is 5.16 Å². The first-order chi connectivity index (χ1) is 16.7. The Morgan fingerprint density at radius 1 is 1.00 bits per heavy atom. The predicted octanol–water partition coefficient (Wildman–Crippen LogP) is 6.00. The minimum absolute atomic E-state index is 0.163. The van der Waals surface area contributed by atoms with Crippen LogP contribution in [0.4, 0.5) is 0 Å². The average molecular weight is 472 g/mol. The van der Waals surface area contributed by atoms with Crippen molar-refractivity contribution in [3.8, 4) is 22.4 Å². The van der Waals surface area contributed by atoms with Crippen molar-refractivity contribution in [2.45, 2.75) is 25.2 Å². The van der Waals surface area contributed by atoms with Crippen LogP contribution in [0.15, 0.2) is 84.3 Å². The third-order valence-corrected chi connectivity index (χ3v) is 6.71. The number of aromatic nitrogens is 3. The van der Waals surface area contributed by atoms with Crippen LogP contribution in [0.5, 0.6) is 0 Å². The molecule has 2 aromatic heterocycles. The molecule has 0 saturated carbocycles. The van der Waals surface area contributed by atoms with E-state index in [9.17, 15) is 5.21 Å². The Balaban J connectivity index is 1.42. The monoisotopic (exact) mass is 471 g/mol. The molecule has 0 bridgehead atoms. The van der Waals surface area contributed by atoms with E-state index in [1.54, 1.807) is 12.4 Å². The molecule has 1 unspecified atom stereocenters. The van der Waals surface area contributed by atoms with E-state index in [0.717, 1.165) is 59.8 Å². The van der Waals surface area contributed by atoms with Gasteiger partial charge in [0.2, 0.25) is 0 Å². The quantitative estimate of drug-likeness (QED) is 0.267. The number of nitrogens with zero attached hydrogens (tertiary/aromatic N) is 4. The zero-order valence-electron chi connectivity index (χ0n) is 18.7. The zero-order chi connectivity index (χ0) is 23.3. The Bertz CT molecular complexity index is 1260. The number of nitrogens with one attached hydrogen (secondary N) is 1. The average Bonchev–Trinajstić information content (AvgIpc) is 3.34. The highest BCUT2D eigenvalue weighted by molar-refractivity contribution is 6.30. The number of hydrogen-bond donors (Lipinski definition) is 2. The Labute approximate surface area is 203 Å². The number of hydrogen-bond acceptors (Lipinski definition) is 4. The summed E-state index contributed by atoms with van der Waals surface area (Å²) in [5.41, 5.74) is 6.33. The normalized spacial score (nSPS) is 17.3. The van der Waals surface area contributed by atoms with Gasteiger partial charge in [0.15, 0.2) is 0 Å². The van der Waals surface area contributed by atoms with Gasteiger partial charge < -0.3 is 10.1 Å². The number of amidine groups is 1. The van der Waals surface area contributed by atoms with Gasteiger partial charge in [0.05, 0.1) is 0 Å². The largest absolute Gasteiger partial charge is 0.409 e. The van der Waals surface area contributed by atoms with Crippen molar-refractivity contribution in [1.82, 2.24) is 20.1 Å². The fourth-order valence-electron chi connectivity index (χ4n) is 4.67. The van der Waals surface area contributed by atoms with Crippen molar-refractivity contribution in [2.75, 3.05) is 13.1 Å². The van der Waals surface area contributed by atoms with E-state index >= 15 is 0 Å². The minimum Gasteiger partial charge on any atom is -0.409 e. The van der Waals surface area contributed by atoms with Gasteiger partial charge in [0, 0.05) is 59.7 Å². The van der Waals surface area contributed by atoms with E-state index < -0.39 is 0 Å². The summed E-state index contributed by atoms with van der Waals surface area (Å²) >= 11 is 6.12. The molecule has 0 spiro atoms. The third-order valence-electron chi connectivity index (χ3n) is 6.46. The standard InChI is InChI=1S/C27H26ClN5O/c28-23-8-6-21(7-9-23)26-25(20-10-14-29-15-11-20)27(31-30-26)22-13-17-33(24(18-22)32-34)16-12-19-4-2-1-3-5-19/h1-11,14-15,22,34H,12-13,16-18H2,(H,30,31). The fraction of sp³-hybridized carbons (Fsp3) is 0.222. The van der Waals surface area contributed by atoms with Crippen molar-refractivity contribution in [1.29, 1.82) is 0 Å². The smallest absolute Gasteiger partial charge is 0.144 e. The van der Waals surface area contributed by atoms with Gasteiger partial charge in [0.25, 0.3) is 0 Å². The molecule has 1 aliphatic heterocycles. The first kappa shape index (κ1) is 22.2. The van der Waals surface area contributed by atoms with Gasteiger partial charge in [-0.25, -0.2) is 0 Å². The fourth-order valence-corrected chi connectivity index (χ4v) is 4.80. The summed E-state index contributed by atoms with van der Waals surface area (Å²) in [6.07, 6.45) is 6.09. The van der Waals surface area contributed by atoms with Crippen LogP contribution in [0.25, 0.3) is 22.4 Å². The maximum Gasteiger partial charge on any atom is 0.144 e. The Morgan fingerprint density at radius 3 is 2.50 bits per heavy atom. The predicted molar refractivity (Wildman–Crippen MR) is 135 cm³/mol. The summed E-state index contributed by atoms with van der Waals surface area (Å²) in [4.78, 5) is 6.37. The molecular weight excluding hydrogens is 446 g/mol. The number of piperidine rings is 1. The Hall–Kier alpha value is -3.64.